The van der Waals surface area contributed by atoms with Crippen molar-refractivity contribution in [2.75, 3.05) is 19.6 Å². The molecule has 170 valence electrons. The summed E-state index contributed by atoms with van der Waals surface area (Å²) in [6, 6.07) is 1.93. The Hall–Kier alpha value is -2.97. The molecule has 32 heavy (non-hydrogen) atoms. The van der Waals surface area contributed by atoms with E-state index in [0.29, 0.717) is 57.0 Å². The Labute approximate surface area is 186 Å². The number of hydrogen-bond donors (Lipinski definition) is 1. The lowest BCUT2D eigenvalue weighted by Crippen LogP contribution is -2.43. The molecule has 0 aromatic carbocycles. The van der Waals surface area contributed by atoms with Crippen molar-refractivity contribution in [3.05, 3.63) is 45.4 Å². The first kappa shape index (κ1) is 20.9. The Balaban J connectivity index is 1.23. The molecule has 2 aliphatic heterocycles. The summed E-state index contributed by atoms with van der Waals surface area (Å²) in [5.41, 5.74) is 2.27. The number of rotatable bonds is 5. The van der Waals surface area contributed by atoms with Crippen molar-refractivity contribution >= 4 is 11.8 Å². The summed E-state index contributed by atoms with van der Waals surface area (Å²) >= 11 is 0. The van der Waals surface area contributed by atoms with E-state index in [0.717, 1.165) is 37.1 Å². The van der Waals surface area contributed by atoms with Crippen molar-refractivity contribution < 1.29 is 9.59 Å². The highest BCUT2D eigenvalue weighted by Gasteiger charge is 2.34. The molecule has 3 aliphatic rings. The van der Waals surface area contributed by atoms with Crippen molar-refractivity contribution in [2.24, 2.45) is 5.92 Å². The summed E-state index contributed by atoms with van der Waals surface area (Å²) in [4.78, 5) is 49.5. The highest BCUT2D eigenvalue weighted by atomic mass is 16.2. The molecule has 2 aromatic heterocycles. The molecular weight excluding hydrogens is 408 g/mol. The number of hydrogen-bond acceptors (Lipinski definition) is 5. The molecule has 1 saturated carbocycles. The van der Waals surface area contributed by atoms with Crippen LogP contribution in [-0.2, 0) is 29.1 Å². The zero-order valence-electron chi connectivity index (χ0n) is 18.5. The molecule has 1 aliphatic carbocycles. The number of aromatic nitrogens is 4. The van der Waals surface area contributed by atoms with Crippen LogP contribution in [0.25, 0.3) is 0 Å². The minimum atomic E-state index is -0.0976. The fourth-order valence-electron chi connectivity index (χ4n) is 4.92. The molecule has 1 saturated heterocycles. The Kier molecular flexibility index (Phi) is 5.57. The second-order valence-corrected chi connectivity index (χ2v) is 9.31. The average molecular weight is 439 g/mol. The fourth-order valence-corrected chi connectivity index (χ4v) is 4.92. The van der Waals surface area contributed by atoms with Crippen LogP contribution in [0.15, 0.2) is 17.1 Å². The van der Waals surface area contributed by atoms with Gasteiger partial charge in [0, 0.05) is 56.2 Å². The first-order valence-corrected chi connectivity index (χ1v) is 11.7. The quantitative estimate of drug-likeness (QED) is 0.759. The molecular formula is C23H30N6O3. The lowest BCUT2D eigenvalue weighted by Gasteiger charge is -2.34. The standard InChI is InChI=1S/C23H30N6O3/c1-15-5-11-29(26-15)12-8-20(30)27-9-6-17(13-27)21-24-19-14-28(23(32)16-3-2-4-16)10-7-18(19)22(31)25-21/h5,11,16-17H,2-4,6-10,12-14H2,1H3,(H,24,25,31)/t17-/m0/s1. The highest BCUT2D eigenvalue weighted by Crippen LogP contribution is 2.30. The molecule has 5 rings (SSSR count). The average Bonchev–Trinajstić information content (AvgIpc) is 3.39. The Bertz CT molecular complexity index is 1090. The molecule has 0 spiro atoms. The fraction of sp³-hybridized carbons (Fsp3) is 0.609. The predicted molar refractivity (Wildman–Crippen MR) is 117 cm³/mol. The largest absolute Gasteiger partial charge is 0.342 e. The van der Waals surface area contributed by atoms with Gasteiger partial charge in [-0.3, -0.25) is 19.1 Å². The van der Waals surface area contributed by atoms with Crippen LogP contribution in [0, 0.1) is 12.8 Å². The smallest absolute Gasteiger partial charge is 0.254 e. The van der Waals surface area contributed by atoms with E-state index < -0.39 is 0 Å². The van der Waals surface area contributed by atoms with Crippen LogP contribution in [-0.4, -0.2) is 61.0 Å². The molecule has 0 bridgehead atoms. The number of likely N-dealkylation sites (tertiary alicyclic amines) is 1. The Morgan fingerprint density at radius 3 is 2.75 bits per heavy atom. The van der Waals surface area contributed by atoms with Crippen LogP contribution in [0.2, 0.25) is 0 Å². The van der Waals surface area contributed by atoms with Gasteiger partial charge >= 0.3 is 0 Å². The van der Waals surface area contributed by atoms with Gasteiger partial charge in [-0.05, 0) is 38.7 Å². The number of aryl methyl sites for hydroxylation is 2. The van der Waals surface area contributed by atoms with E-state index in [1.807, 2.05) is 29.0 Å². The zero-order valence-corrected chi connectivity index (χ0v) is 18.5. The summed E-state index contributed by atoms with van der Waals surface area (Å²) < 4.78 is 1.79. The molecule has 0 unspecified atom stereocenters. The number of carbonyl (C=O) groups is 2. The lowest BCUT2D eigenvalue weighted by molar-refractivity contribution is -0.139. The van der Waals surface area contributed by atoms with Gasteiger partial charge < -0.3 is 14.8 Å². The number of amides is 2. The second kappa shape index (κ2) is 8.52. The van der Waals surface area contributed by atoms with Crippen molar-refractivity contribution in [1.29, 1.82) is 0 Å². The normalized spacial score (nSPS) is 20.8. The van der Waals surface area contributed by atoms with Crippen molar-refractivity contribution in [2.45, 2.75) is 64.5 Å². The maximum atomic E-state index is 12.7. The first-order chi connectivity index (χ1) is 15.5. The maximum absolute atomic E-state index is 12.7. The van der Waals surface area contributed by atoms with Crippen molar-refractivity contribution in [3.63, 3.8) is 0 Å². The van der Waals surface area contributed by atoms with Gasteiger partial charge in [0.05, 0.1) is 17.9 Å². The number of fused-ring (bicyclic) bond motifs is 1. The highest BCUT2D eigenvalue weighted by molar-refractivity contribution is 5.79. The molecule has 1 atom stereocenters. The van der Waals surface area contributed by atoms with Crippen LogP contribution >= 0.6 is 0 Å². The predicted octanol–water partition coefficient (Wildman–Crippen LogP) is 1.37. The van der Waals surface area contributed by atoms with Gasteiger partial charge in [-0.1, -0.05) is 6.42 Å². The van der Waals surface area contributed by atoms with Gasteiger partial charge in [-0.25, -0.2) is 4.98 Å². The second-order valence-electron chi connectivity index (χ2n) is 9.31. The van der Waals surface area contributed by atoms with Crippen LogP contribution in [0.4, 0.5) is 0 Å². The summed E-state index contributed by atoms with van der Waals surface area (Å²) in [6.07, 6.45) is 6.69. The van der Waals surface area contributed by atoms with E-state index in [-0.39, 0.29) is 29.2 Å². The molecule has 9 heteroatoms. The van der Waals surface area contributed by atoms with Crippen molar-refractivity contribution in [1.82, 2.24) is 29.5 Å². The third-order valence-electron chi connectivity index (χ3n) is 7.11. The third kappa shape index (κ3) is 4.08. The van der Waals surface area contributed by atoms with Gasteiger partial charge in [-0.15, -0.1) is 0 Å². The van der Waals surface area contributed by atoms with E-state index in [1.54, 1.807) is 4.68 Å². The Morgan fingerprint density at radius 2 is 2.03 bits per heavy atom. The van der Waals surface area contributed by atoms with Crippen LogP contribution in [0.3, 0.4) is 0 Å². The molecule has 4 heterocycles. The number of nitrogens with zero attached hydrogens (tertiary/aromatic N) is 5. The van der Waals surface area contributed by atoms with Gasteiger partial charge in [0.1, 0.15) is 5.82 Å². The minimum absolute atomic E-state index is 0.0154. The van der Waals surface area contributed by atoms with Crippen molar-refractivity contribution in [3.8, 4) is 0 Å². The van der Waals surface area contributed by atoms with Gasteiger partial charge in [0.15, 0.2) is 0 Å². The minimum Gasteiger partial charge on any atom is -0.342 e. The van der Waals surface area contributed by atoms with Crippen LogP contribution in [0.1, 0.15) is 60.8 Å². The molecule has 2 amide bonds. The molecule has 1 N–H and O–H groups in total. The SMILES string of the molecule is Cc1ccn(CCC(=O)N2CC[C@H](c3nc4c(c(=O)[nH]3)CCN(C(=O)C3CCC3)C4)C2)n1. The topological polar surface area (TPSA) is 104 Å². The number of carbonyl (C=O) groups excluding carboxylic acids is 2. The van der Waals surface area contributed by atoms with E-state index in [1.165, 1.54) is 0 Å². The van der Waals surface area contributed by atoms with Gasteiger partial charge in [-0.2, -0.15) is 5.10 Å². The number of H-pyrrole nitrogens is 1. The molecule has 2 aromatic rings. The Morgan fingerprint density at radius 1 is 1.19 bits per heavy atom. The first-order valence-electron chi connectivity index (χ1n) is 11.7. The summed E-state index contributed by atoms with van der Waals surface area (Å²) in [5.74, 6) is 1.11. The summed E-state index contributed by atoms with van der Waals surface area (Å²) in [6.45, 7) is 4.72. The zero-order chi connectivity index (χ0) is 22.2. The third-order valence-corrected chi connectivity index (χ3v) is 7.11. The monoisotopic (exact) mass is 438 g/mol. The lowest BCUT2D eigenvalue weighted by atomic mass is 9.84. The van der Waals surface area contributed by atoms with E-state index in [2.05, 4.69) is 10.1 Å². The van der Waals surface area contributed by atoms with E-state index in [4.69, 9.17) is 4.98 Å². The molecule has 0 radical (unpaired) electrons. The number of aromatic amines is 1. The van der Waals surface area contributed by atoms with Gasteiger partial charge in [0.25, 0.3) is 5.56 Å². The van der Waals surface area contributed by atoms with Gasteiger partial charge in [0.2, 0.25) is 11.8 Å². The van der Waals surface area contributed by atoms with E-state index >= 15 is 0 Å². The molecule has 9 nitrogen and oxygen atoms in total. The van der Waals surface area contributed by atoms with Crippen LogP contribution in [0.5, 0.6) is 0 Å². The maximum Gasteiger partial charge on any atom is 0.254 e. The van der Waals surface area contributed by atoms with E-state index in [9.17, 15) is 14.4 Å². The summed E-state index contributed by atoms with van der Waals surface area (Å²) in [7, 11) is 0. The molecule has 2 fully saturated rings. The van der Waals surface area contributed by atoms with Crippen LogP contribution < -0.4 is 5.56 Å². The summed E-state index contributed by atoms with van der Waals surface area (Å²) in [5, 5.41) is 4.33. The number of nitrogens with one attached hydrogen (secondary N) is 1.